The summed E-state index contributed by atoms with van der Waals surface area (Å²) in [6.45, 7) is 6.29. The van der Waals surface area contributed by atoms with Gasteiger partial charge in [0.2, 0.25) is 0 Å². The molecule has 0 radical (unpaired) electrons. The topological polar surface area (TPSA) is 69.9 Å². The number of nitrogens with one attached hydrogen (secondary N) is 1. The molecule has 1 atom stereocenters. The first kappa shape index (κ1) is 20.6. The third-order valence-corrected chi connectivity index (χ3v) is 5.20. The number of halogens is 1. The minimum Gasteiger partial charge on any atom is -0.376 e. The van der Waals surface area contributed by atoms with Crippen LogP contribution >= 0.6 is 0 Å². The molecule has 1 aromatic carbocycles. The van der Waals surface area contributed by atoms with E-state index in [0.29, 0.717) is 17.7 Å². The Morgan fingerprint density at radius 3 is 2.86 bits per heavy atom. The molecule has 6 nitrogen and oxygen atoms in total. The molecule has 1 unspecified atom stereocenters. The second kappa shape index (κ2) is 10.4. The molecule has 0 saturated carbocycles. The van der Waals surface area contributed by atoms with Gasteiger partial charge in [-0.1, -0.05) is 6.07 Å². The van der Waals surface area contributed by atoms with E-state index >= 15 is 0 Å². The molecule has 28 heavy (non-hydrogen) atoms. The van der Waals surface area contributed by atoms with Crippen LogP contribution in [0.4, 0.5) is 4.39 Å². The van der Waals surface area contributed by atoms with Crippen LogP contribution in [0.2, 0.25) is 0 Å². The van der Waals surface area contributed by atoms with Crippen LogP contribution in [0.5, 0.6) is 0 Å². The highest BCUT2D eigenvalue weighted by Gasteiger charge is 2.24. The number of benzene rings is 1. The van der Waals surface area contributed by atoms with E-state index in [-0.39, 0.29) is 24.6 Å². The zero-order chi connectivity index (χ0) is 19.8. The Kier molecular flexibility index (Phi) is 7.63. The molecule has 2 fully saturated rings. The number of piperidine rings is 1. The third-order valence-electron chi connectivity index (χ3n) is 5.20. The van der Waals surface area contributed by atoms with Gasteiger partial charge in [-0.15, -0.1) is 0 Å². The van der Waals surface area contributed by atoms with Crippen LogP contribution in [0.25, 0.3) is 0 Å². The van der Waals surface area contributed by atoms with E-state index in [1.807, 2.05) is 13.0 Å². The first-order valence-corrected chi connectivity index (χ1v) is 10.1. The molecule has 0 aliphatic carbocycles. The molecule has 7 heteroatoms. The number of likely N-dealkylation sites (tertiary alicyclic amines) is 1. The van der Waals surface area contributed by atoms with E-state index in [0.717, 1.165) is 57.9 Å². The molecule has 2 aliphatic rings. The van der Waals surface area contributed by atoms with Crippen molar-refractivity contribution in [3.63, 3.8) is 0 Å². The largest absolute Gasteiger partial charge is 0.376 e. The summed E-state index contributed by atoms with van der Waals surface area (Å²) >= 11 is 0. The maximum absolute atomic E-state index is 14.1. The zero-order valence-electron chi connectivity index (χ0n) is 16.5. The molecular weight excluding hydrogens is 359 g/mol. The predicted molar refractivity (Wildman–Crippen MR) is 105 cm³/mol. The Morgan fingerprint density at radius 1 is 1.39 bits per heavy atom. The van der Waals surface area contributed by atoms with Crippen molar-refractivity contribution in [2.24, 2.45) is 4.99 Å². The van der Waals surface area contributed by atoms with Crippen molar-refractivity contribution in [3.8, 4) is 6.07 Å². The molecule has 0 spiro atoms. The van der Waals surface area contributed by atoms with Crippen molar-refractivity contribution in [1.29, 1.82) is 5.26 Å². The highest BCUT2D eigenvalue weighted by Crippen LogP contribution is 2.18. The lowest BCUT2D eigenvalue weighted by molar-refractivity contribution is -0.0367. The zero-order valence-corrected chi connectivity index (χ0v) is 16.5. The van der Waals surface area contributed by atoms with Gasteiger partial charge in [-0.05, 0) is 44.7 Å². The van der Waals surface area contributed by atoms with Gasteiger partial charge in [0.05, 0.1) is 37.0 Å². The SMILES string of the molecule is CCNC(=NCc1ccc(C#N)cc1F)N1CCC(OCC2CCCO2)CC1. The second-order valence-corrected chi connectivity index (χ2v) is 7.24. The highest BCUT2D eigenvalue weighted by molar-refractivity contribution is 5.80. The summed E-state index contributed by atoms with van der Waals surface area (Å²) in [5.74, 6) is 0.406. The lowest BCUT2D eigenvalue weighted by Gasteiger charge is -2.34. The predicted octanol–water partition coefficient (Wildman–Crippen LogP) is 2.82. The Hall–Kier alpha value is -2.17. The van der Waals surface area contributed by atoms with Gasteiger partial charge in [0, 0.05) is 31.8 Å². The van der Waals surface area contributed by atoms with E-state index in [4.69, 9.17) is 14.7 Å². The highest BCUT2D eigenvalue weighted by atomic mass is 19.1. The average Bonchev–Trinajstić information content (AvgIpc) is 3.24. The first-order valence-electron chi connectivity index (χ1n) is 10.1. The van der Waals surface area contributed by atoms with Crippen LogP contribution in [0.3, 0.4) is 0 Å². The van der Waals surface area contributed by atoms with E-state index in [9.17, 15) is 4.39 Å². The quantitative estimate of drug-likeness (QED) is 0.599. The average molecular weight is 388 g/mol. The lowest BCUT2D eigenvalue weighted by atomic mass is 10.1. The maximum atomic E-state index is 14.1. The molecule has 2 aliphatic heterocycles. The van der Waals surface area contributed by atoms with Gasteiger partial charge in [0.1, 0.15) is 5.82 Å². The van der Waals surface area contributed by atoms with E-state index in [2.05, 4.69) is 15.2 Å². The van der Waals surface area contributed by atoms with Crippen LogP contribution in [0, 0.1) is 17.1 Å². The van der Waals surface area contributed by atoms with Gasteiger partial charge in [-0.2, -0.15) is 5.26 Å². The number of hydrogen-bond acceptors (Lipinski definition) is 4. The molecule has 152 valence electrons. The third kappa shape index (κ3) is 5.66. The van der Waals surface area contributed by atoms with Crippen LogP contribution in [0.1, 0.15) is 43.7 Å². The maximum Gasteiger partial charge on any atom is 0.194 e. The van der Waals surface area contributed by atoms with Gasteiger partial charge < -0.3 is 19.7 Å². The summed E-state index contributed by atoms with van der Waals surface area (Å²) in [7, 11) is 0. The summed E-state index contributed by atoms with van der Waals surface area (Å²) in [6, 6.07) is 6.46. The van der Waals surface area contributed by atoms with Crippen molar-refractivity contribution >= 4 is 5.96 Å². The van der Waals surface area contributed by atoms with Crippen LogP contribution in [-0.2, 0) is 16.0 Å². The first-order chi connectivity index (χ1) is 13.7. The fourth-order valence-electron chi connectivity index (χ4n) is 3.58. The summed E-state index contributed by atoms with van der Waals surface area (Å²) in [6.07, 6.45) is 4.65. The number of nitriles is 1. The normalized spacial score (nSPS) is 21.0. The van der Waals surface area contributed by atoms with E-state index < -0.39 is 0 Å². The second-order valence-electron chi connectivity index (χ2n) is 7.24. The van der Waals surface area contributed by atoms with Crippen molar-refractivity contribution in [2.75, 3.05) is 32.8 Å². The van der Waals surface area contributed by atoms with Crippen LogP contribution < -0.4 is 5.32 Å². The number of guanidine groups is 1. The van der Waals surface area contributed by atoms with Gasteiger partial charge >= 0.3 is 0 Å². The Morgan fingerprint density at radius 2 is 2.21 bits per heavy atom. The van der Waals surface area contributed by atoms with Crippen molar-refractivity contribution in [2.45, 2.75) is 51.4 Å². The van der Waals surface area contributed by atoms with Crippen LogP contribution in [-0.4, -0.2) is 55.9 Å². The summed E-state index contributed by atoms with van der Waals surface area (Å²) in [5, 5.41) is 12.2. The van der Waals surface area contributed by atoms with Crippen LogP contribution in [0.15, 0.2) is 23.2 Å². The number of nitrogens with zero attached hydrogens (tertiary/aromatic N) is 3. The molecule has 0 bridgehead atoms. The van der Waals surface area contributed by atoms with E-state index in [1.165, 1.54) is 6.07 Å². The molecule has 1 N–H and O–H groups in total. The Labute approximate surface area is 166 Å². The van der Waals surface area contributed by atoms with Gasteiger partial charge in [-0.3, -0.25) is 0 Å². The van der Waals surface area contributed by atoms with E-state index in [1.54, 1.807) is 12.1 Å². The molecule has 3 rings (SSSR count). The summed E-state index contributed by atoms with van der Waals surface area (Å²) in [4.78, 5) is 6.81. The smallest absolute Gasteiger partial charge is 0.194 e. The van der Waals surface area contributed by atoms with Gasteiger partial charge in [0.15, 0.2) is 5.96 Å². The number of aliphatic imine (C=N–C) groups is 1. The minimum absolute atomic E-state index is 0.245. The molecule has 0 aromatic heterocycles. The fraction of sp³-hybridized carbons (Fsp3) is 0.619. The van der Waals surface area contributed by atoms with Crippen molar-refractivity contribution in [1.82, 2.24) is 10.2 Å². The minimum atomic E-state index is -0.389. The number of hydrogen-bond donors (Lipinski definition) is 1. The summed E-state index contributed by atoms with van der Waals surface area (Å²) in [5.41, 5.74) is 0.811. The molecule has 2 saturated heterocycles. The molecule has 2 heterocycles. The summed E-state index contributed by atoms with van der Waals surface area (Å²) < 4.78 is 25.8. The van der Waals surface area contributed by atoms with Gasteiger partial charge in [0.25, 0.3) is 0 Å². The number of rotatable bonds is 6. The van der Waals surface area contributed by atoms with Crippen molar-refractivity contribution in [3.05, 3.63) is 35.1 Å². The lowest BCUT2D eigenvalue weighted by Crippen LogP contribution is -2.47. The molecular formula is C21H29FN4O2. The molecule has 0 amide bonds. The van der Waals surface area contributed by atoms with Crippen molar-refractivity contribution < 1.29 is 13.9 Å². The molecule has 1 aromatic rings. The number of ether oxygens (including phenoxy) is 2. The standard InChI is InChI=1S/C21H29FN4O2/c1-2-24-21(25-14-17-6-5-16(13-23)12-20(17)22)26-9-7-18(8-10-26)28-15-19-4-3-11-27-19/h5-6,12,18-19H,2-4,7-11,14-15H2,1H3,(H,24,25). The fourth-order valence-corrected chi connectivity index (χ4v) is 3.58. The Balaban J connectivity index is 1.52. The van der Waals surface area contributed by atoms with Gasteiger partial charge in [-0.25, -0.2) is 9.38 Å². The monoisotopic (exact) mass is 388 g/mol. The Bertz CT molecular complexity index is 705.